The molecule has 1 aliphatic heterocycles. The zero-order valence-electron chi connectivity index (χ0n) is 7.28. The summed E-state index contributed by atoms with van der Waals surface area (Å²) in [6, 6.07) is 7.53. The molecule has 1 heterocycles. The lowest BCUT2D eigenvalue weighted by molar-refractivity contribution is 0.362. The predicted molar refractivity (Wildman–Crippen MR) is 48.2 cm³/mol. The van der Waals surface area contributed by atoms with Gasteiger partial charge in [-0.1, -0.05) is 26.0 Å². The van der Waals surface area contributed by atoms with E-state index in [1.165, 1.54) is 12.5 Å². The van der Waals surface area contributed by atoms with Gasteiger partial charge in [0.2, 0.25) is 0 Å². The quantitative estimate of drug-likeness (QED) is 0.587. The van der Waals surface area contributed by atoms with Crippen molar-refractivity contribution in [2.75, 3.05) is 0 Å². The van der Waals surface area contributed by atoms with Gasteiger partial charge in [-0.2, -0.15) is 0 Å². The van der Waals surface area contributed by atoms with Crippen LogP contribution >= 0.6 is 0 Å². The van der Waals surface area contributed by atoms with E-state index in [0.717, 1.165) is 11.5 Å². The molecule has 0 amide bonds. The van der Waals surface area contributed by atoms with Gasteiger partial charge in [0.25, 0.3) is 0 Å². The first kappa shape index (κ1) is 8.65. The van der Waals surface area contributed by atoms with Crippen molar-refractivity contribution in [3.63, 3.8) is 0 Å². The van der Waals surface area contributed by atoms with Crippen LogP contribution in [0.3, 0.4) is 0 Å². The Bertz CT molecular complexity index is 239. The van der Waals surface area contributed by atoms with Gasteiger partial charge in [-0.15, -0.1) is 0 Å². The number of rotatable bonds is 0. The average molecular weight is 164 g/mol. The van der Waals surface area contributed by atoms with Gasteiger partial charge in [-0.3, -0.25) is 0 Å². The summed E-state index contributed by atoms with van der Waals surface area (Å²) < 4.78 is 10.2. The molecule has 0 bridgehead atoms. The highest BCUT2D eigenvalue weighted by Gasteiger charge is 2.03. The number of hydrogen-bond acceptors (Lipinski definition) is 2. The van der Waals surface area contributed by atoms with Crippen LogP contribution in [-0.2, 0) is 0 Å². The third kappa shape index (κ3) is 1.78. The fraction of sp³-hybridized carbons (Fsp3) is 0.200. The lowest BCUT2D eigenvalue weighted by atomic mass is 10.3. The molecule has 0 spiro atoms. The Kier molecular flexibility index (Phi) is 3.20. The van der Waals surface area contributed by atoms with Crippen LogP contribution < -0.4 is 9.47 Å². The third-order valence-corrected chi connectivity index (χ3v) is 1.29. The number of fused-ring (bicyclic) bond motifs is 1. The molecule has 2 rings (SSSR count). The number of benzene rings is 1. The largest absolute Gasteiger partial charge is 0.458 e. The van der Waals surface area contributed by atoms with E-state index in [1.807, 2.05) is 38.1 Å². The molecule has 0 N–H and O–H groups in total. The van der Waals surface area contributed by atoms with E-state index in [2.05, 4.69) is 0 Å². The van der Waals surface area contributed by atoms with Crippen LogP contribution in [0.1, 0.15) is 13.8 Å². The minimum atomic E-state index is 0.769. The summed E-state index contributed by atoms with van der Waals surface area (Å²) in [4.78, 5) is 0. The second-order valence-electron chi connectivity index (χ2n) is 1.95. The molecule has 0 saturated heterocycles. The molecular weight excluding hydrogens is 152 g/mol. The monoisotopic (exact) mass is 164 g/mol. The van der Waals surface area contributed by atoms with Gasteiger partial charge in [0.15, 0.2) is 11.5 Å². The molecule has 64 valence electrons. The van der Waals surface area contributed by atoms with Crippen molar-refractivity contribution in [2.45, 2.75) is 13.8 Å². The fourth-order valence-corrected chi connectivity index (χ4v) is 0.847. The number of hydrogen-bond donors (Lipinski definition) is 0. The highest BCUT2D eigenvalue weighted by molar-refractivity contribution is 5.41. The molecule has 0 radical (unpaired) electrons. The van der Waals surface area contributed by atoms with Crippen LogP contribution in [0.4, 0.5) is 0 Å². The average Bonchev–Trinajstić information content (AvgIpc) is 2.21. The van der Waals surface area contributed by atoms with Crippen molar-refractivity contribution in [3.05, 3.63) is 36.8 Å². The molecule has 1 aliphatic rings. The molecular formula is C10H12O2. The maximum absolute atomic E-state index is 5.12. The fourth-order valence-electron chi connectivity index (χ4n) is 0.847. The summed E-state index contributed by atoms with van der Waals surface area (Å²) >= 11 is 0. The minimum Gasteiger partial charge on any atom is -0.458 e. The van der Waals surface area contributed by atoms with E-state index in [-0.39, 0.29) is 0 Å². The summed E-state index contributed by atoms with van der Waals surface area (Å²) in [5, 5.41) is 0. The normalized spacial score (nSPS) is 11.5. The Balaban J connectivity index is 0.000000336. The topological polar surface area (TPSA) is 18.5 Å². The third-order valence-electron chi connectivity index (χ3n) is 1.29. The summed E-state index contributed by atoms with van der Waals surface area (Å²) in [5.41, 5.74) is 0. The number of para-hydroxylation sites is 2. The van der Waals surface area contributed by atoms with Crippen LogP contribution in [0.25, 0.3) is 0 Å². The smallest absolute Gasteiger partial charge is 0.169 e. The zero-order chi connectivity index (χ0) is 8.81. The van der Waals surface area contributed by atoms with Gasteiger partial charge >= 0.3 is 0 Å². The highest BCUT2D eigenvalue weighted by Crippen LogP contribution is 2.28. The first-order chi connectivity index (χ1) is 5.97. The lowest BCUT2D eigenvalue weighted by Crippen LogP contribution is -1.94. The van der Waals surface area contributed by atoms with Gasteiger partial charge in [0.1, 0.15) is 12.5 Å². The van der Waals surface area contributed by atoms with E-state index in [1.54, 1.807) is 0 Å². The molecule has 2 nitrogen and oxygen atoms in total. The van der Waals surface area contributed by atoms with E-state index < -0.39 is 0 Å². The molecule has 0 saturated carbocycles. The molecule has 12 heavy (non-hydrogen) atoms. The van der Waals surface area contributed by atoms with Crippen LogP contribution in [0.15, 0.2) is 36.8 Å². The summed E-state index contributed by atoms with van der Waals surface area (Å²) in [7, 11) is 0. The van der Waals surface area contributed by atoms with Crippen molar-refractivity contribution in [3.8, 4) is 11.5 Å². The Hall–Kier alpha value is -1.44. The molecule has 0 atom stereocenters. The van der Waals surface area contributed by atoms with Crippen molar-refractivity contribution >= 4 is 0 Å². The Labute approximate surface area is 72.4 Å². The van der Waals surface area contributed by atoms with E-state index in [9.17, 15) is 0 Å². The van der Waals surface area contributed by atoms with E-state index in [4.69, 9.17) is 9.47 Å². The Morgan fingerprint density at radius 1 is 0.833 bits per heavy atom. The van der Waals surface area contributed by atoms with Gasteiger partial charge in [0.05, 0.1) is 0 Å². The number of ether oxygens (including phenoxy) is 2. The first-order valence-electron chi connectivity index (χ1n) is 4.04. The van der Waals surface area contributed by atoms with Gasteiger partial charge < -0.3 is 9.47 Å². The van der Waals surface area contributed by atoms with Crippen LogP contribution in [0, 0.1) is 0 Å². The van der Waals surface area contributed by atoms with Crippen molar-refractivity contribution in [2.24, 2.45) is 0 Å². The van der Waals surface area contributed by atoms with Gasteiger partial charge in [-0.05, 0) is 12.1 Å². The minimum absolute atomic E-state index is 0.769. The second-order valence-corrected chi connectivity index (χ2v) is 1.95. The van der Waals surface area contributed by atoms with Crippen molar-refractivity contribution < 1.29 is 9.47 Å². The van der Waals surface area contributed by atoms with Crippen molar-refractivity contribution in [1.29, 1.82) is 0 Å². The highest BCUT2D eigenvalue weighted by atomic mass is 16.5. The molecule has 0 aliphatic carbocycles. The van der Waals surface area contributed by atoms with Gasteiger partial charge in [0, 0.05) is 0 Å². The standard InChI is InChI=1S/C8H6O2.C2H6/c1-2-4-8-7(3-1)9-5-6-10-8;1-2/h1-6H;1-2H3. The lowest BCUT2D eigenvalue weighted by Gasteiger charge is -2.10. The molecule has 2 heteroatoms. The summed E-state index contributed by atoms with van der Waals surface area (Å²) in [6.45, 7) is 4.00. The summed E-state index contributed by atoms with van der Waals surface area (Å²) in [5.74, 6) is 1.54. The maximum Gasteiger partial charge on any atom is 0.169 e. The zero-order valence-corrected chi connectivity index (χ0v) is 7.28. The summed E-state index contributed by atoms with van der Waals surface area (Å²) in [6.07, 6.45) is 3.03. The van der Waals surface area contributed by atoms with Crippen molar-refractivity contribution in [1.82, 2.24) is 0 Å². The predicted octanol–water partition coefficient (Wildman–Crippen LogP) is 2.96. The Morgan fingerprint density at radius 3 is 1.67 bits per heavy atom. The van der Waals surface area contributed by atoms with Gasteiger partial charge in [-0.25, -0.2) is 0 Å². The SMILES string of the molecule is C1=COc2ccccc2O1.CC. The van der Waals surface area contributed by atoms with Crippen LogP contribution in [0.2, 0.25) is 0 Å². The molecule has 0 aromatic heterocycles. The first-order valence-corrected chi connectivity index (χ1v) is 4.04. The van der Waals surface area contributed by atoms with Crippen LogP contribution in [-0.4, -0.2) is 0 Å². The molecule has 0 fully saturated rings. The van der Waals surface area contributed by atoms with E-state index >= 15 is 0 Å². The maximum atomic E-state index is 5.12. The Morgan fingerprint density at radius 2 is 1.25 bits per heavy atom. The molecule has 1 aromatic rings. The molecule has 1 aromatic carbocycles. The van der Waals surface area contributed by atoms with Crippen LogP contribution in [0.5, 0.6) is 11.5 Å². The molecule has 0 unspecified atom stereocenters. The van der Waals surface area contributed by atoms with E-state index in [0.29, 0.717) is 0 Å². The second kappa shape index (κ2) is 4.44.